The van der Waals surface area contributed by atoms with E-state index in [0.29, 0.717) is 6.61 Å². The molecule has 0 saturated heterocycles. The zero-order valence-electron chi connectivity index (χ0n) is 11.5. The summed E-state index contributed by atoms with van der Waals surface area (Å²) in [5, 5.41) is 0. The van der Waals surface area contributed by atoms with Crippen LogP contribution < -0.4 is 0 Å². The van der Waals surface area contributed by atoms with Crippen molar-refractivity contribution in [2.45, 2.75) is 32.0 Å². The number of fused-ring (bicyclic) bond motifs is 1. The molecule has 3 heteroatoms. The molecule has 3 rings (SSSR count). The van der Waals surface area contributed by atoms with Gasteiger partial charge in [0, 0.05) is 39.3 Å². The maximum Gasteiger partial charge on any atom is 0.123 e. The van der Waals surface area contributed by atoms with Crippen LogP contribution in [0, 0.1) is 11.9 Å². The molecule has 1 nitrogen and oxygen atoms in total. The summed E-state index contributed by atoms with van der Waals surface area (Å²) in [6.07, 6.45) is 1.91. The summed E-state index contributed by atoms with van der Waals surface area (Å²) in [6, 6.07) is 15.7. The first-order valence-corrected chi connectivity index (χ1v) is 6.66. The van der Waals surface area contributed by atoms with E-state index in [-0.39, 0.29) is 38.5 Å². The van der Waals surface area contributed by atoms with Gasteiger partial charge in [-0.15, -0.1) is 11.1 Å². The Hall–Kier alpha value is -0.566. The molecule has 0 bridgehead atoms. The predicted octanol–water partition coefficient (Wildman–Crippen LogP) is 4.20. The van der Waals surface area contributed by atoms with Crippen molar-refractivity contribution < 1.29 is 41.8 Å². The van der Waals surface area contributed by atoms with Crippen LogP contribution in [0.25, 0.3) is 0 Å². The number of benzene rings is 2. The molecule has 1 radical (unpaired) electrons. The van der Waals surface area contributed by atoms with E-state index >= 15 is 0 Å². The van der Waals surface area contributed by atoms with Crippen LogP contribution in [-0.2, 0) is 49.7 Å². The van der Waals surface area contributed by atoms with Crippen LogP contribution in [0.2, 0.25) is 0 Å². The number of halogens is 1. The Balaban J connectivity index is 0.00000147. The molecule has 0 saturated carbocycles. The predicted molar refractivity (Wildman–Crippen MR) is 72.2 cm³/mol. The van der Waals surface area contributed by atoms with Crippen LogP contribution >= 0.6 is 0 Å². The number of hydrogen-bond acceptors (Lipinski definition) is 1. The fourth-order valence-corrected chi connectivity index (χ4v) is 2.92. The Labute approximate surface area is 144 Å². The summed E-state index contributed by atoms with van der Waals surface area (Å²) < 4.78 is 19.3. The topological polar surface area (TPSA) is 9.23 Å². The fraction of sp³-hybridized carbons (Fsp3) is 0.294. The van der Waals surface area contributed by atoms with Crippen LogP contribution in [0.15, 0.2) is 42.5 Å². The summed E-state index contributed by atoms with van der Waals surface area (Å²) in [4.78, 5) is 0. The van der Waals surface area contributed by atoms with E-state index in [2.05, 4.69) is 19.1 Å². The maximum atomic E-state index is 13.1. The van der Waals surface area contributed by atoms with Crippen molar-refractivity contribution in [3.63, 3.8) is 0 Å². The monoisotopic (exact) mass is 344 g/mol. The molecule has 1 aliphatic rings. The second-order valence-electron chi connectivity index (χ2n) is 4.96. The first-order valence-electron chi connectivity index (χ1n) is 6.66. The van der Waals surface area contributed by atoms with Gasteiger partial charge in [0.25, 0.3) is 0 Å². The van der Waals surface area contributed by atoms with Crippen LogP contribution in [0.1, 0.15) is 36.5 Å². The third-order valence-corrected chi connectivity index (χ3v) is 3.77. The van der Waals surface area contributed by atoms with Gasteiger partial charge in [0.1, 0.15) is 5.82 Å². The van der Waals surface area contributed by atoms with E-state index in [0.717, 1.165) is 18.4 Å². The molecule has 2 aromatic carbocycles. The first kappa shape index (κ1) is 15.8. The standard InChI is InChI=1S/C17H16FO.Y/c1-2-11-17(14-7-9-15(18)10-8-14)16-6-4-3-5-13(16)12-19-17;/h4-10H,2,11-12H2,1H3;/q-1;. The van der Waals surface area contributed by atoms with Gasteiger partial charge >= 0.3 is 0 Å². The Bertz CT molecular complexity index is 578. The first-order chi connectivity index (χ1) is 9.26. The SMILES string of the molecule is CCCC1(c2ccc(F)cc2)OCc2c[c-]ccc21.[Y]. The zero-order valence-corrected chi connectivity index (χ0v) is 14.4. The molecule has 0 N–H and O–H groups in total. The van der Waals surface area contributed by atoms with Crippen molar-refractivity contribution in [2.24, 2.45) is 0 Å². The van der Waals surface area contributed by atoms with E-state index in [1.807, 2.05) is 24.3 Å². The van der Waals surface area contributed by atoms with Crippen LogP contribution in [0.5, 0.6) is 0 Å². The van der Waals surface area contributed by atoms with Crippen molar-refractivity contribution in [1.29, 1.82) is 0 Å². The average molecular weight is 344 g/mol. The van der Waals surface area contributed by atoms with Crippen LogP contribution in [-0.4, -0.2) is 0 Å². The molecule has 2 aromatic rings. The van der Waals surface area contributed by atoms with Gasteiger partial charge in [0.2, 0.25) is 0 Å². The molecule has 1 unspecified atom stereocenters. The van der Waals surface area contributed by atoms with Crippen LogP contribution in [0.3, 0.4) is 0 Å². The van der Waals surface area contributed by atoms with Crippen LogP contribution in [0.4, 0.5) is 4.39 Å². The zero-order chi connectivity index (χ0) is 13.3. The molecule has 1 aliphatic heterocycles. The third kappa shape index (κ3) is 2.61. The van der Waals surface area contributed by atoms with Gasteiger partial charge in [-0.05, 0) is 24.1 Å². The molecule has 1 heterocycles. The molecular weight excluding hydrogens is 328 g/mol. The average Bonchev–Trinajstić information content (AvgIpc) is 2.81. The number of rotatable bonds is 3. The third-order valence-electron chi connectivity index (χ3n) is 3.77. The van der Waals surface area contributed by atoms with Gasteiger partial charge in [-0.1, -0.05) is 25.5 Å². The molecule has 1 atom stereocenters. The van der Waals surface area contributed by atoms with Gasteiger partial charge in [0.05, 0.1) is 5.60 Å². The quantitative estimate of drug-likeness (QED) is 0.759. The van der Waals surface area contributed by atoms with Gasteiger partial charge in [-0.2, -0.15) is 24.3 Å². The van der Waals surface area contributed by atoms with Gasteiger partial charge in [-0.25, -0.2) is 4.39 Å². The summed E-state index contributed by atoms with van der Waals surface area (Å²) >= 11 is 0. The summed E-state index contributed by atoms with van der Waals surface area (Å²) in [5.74, 6) is -0.213. The summed E-state index contributed by atoms with van der Waals surface area (Å²) in [6.45, 7) is 2.74. The van der Waals surface area contributed by atoms with E-state index in [9.17, 15) is 4.39 Å². The van der Waals surface area contributed by atoms with E-state index in [1.165, 1.54) is 23.3 Å². The maximum absolute atomic E-state index is 13.1. The van der Waals surface area contributed by atoms with Gasteiger partial charge < -0.3 is 4.74 Å². The smallest absolute Gasteiger partial charge is 0.123 e. The second kappa shape index (κ2) is 6.47. The van der Waals surface area contributed by atoms with Crippen molar-refractivity contribution in [3.05, 3.63) is 71.0 Å². The number of ether oxygens (including phenoxy) is 1. The van der Waals surface area contributed by atoms with Gasteiger partial charge in [-0.3, -0.25) is 0 Å². The minimum absolute atomic E-state index is 0. The van der Waals surface area contributed by atoms with Gasteiger partial charge in [0.15, 0.2) is 0 Å². The van der Waals surface area contributed by atoms with Crippen molar-refractivity contribution >= 4 is 0 Å². The Morgan fingerprint density at radius 3 is 2.70 bits per heavy atom. The second-order valence-corrected chi connectivity index (χ2v) is 4.96. The summed E-state index contributed by atoms with van der Waals surface area (Å²) in [5.41, 5.74) is 2.98. The van der Waals surface area contributed by atoms with Crippen molar-refractivity contribution in [3.8, 4) is 0 Å². The molecule has 101 valence electrons. The Kier molecular flexibility index (Phi) is 5.11. The largest absolute Gasteiger partial charge is 0.375 e. The van der Waals surface area contributed by atoms with E-state index < -0.39 is 5.60 Å². The van der Waals surface area contributed by atoms with Crippen molar-refractivity contribution in [1.82, 2.24) is 0 Å². The molecular formula is C17H16FOY-. The number of hydrogen-bond donors (Lipinski definition) is 0. The molecule has 20 heavy (non-hydrogen) atoms. The molecule has 0 aliphatic carbocycles. The summed E-state index contributed by atoms with van der Waals surface area (Å²) in [7, 11) is 0. The Morgan fingerprint density at radius 1 is 1.25 bits per heavy atom. The van der Waals surface area contributed by atoms with E-state index in [4.69, 9.17) is 4.74 Å². The fourth-order valence-electron chi connectivity index (χ4n) is 2.92. The van der Waals surface area contributed by atoms with Crippen molar-refractivity contribution in [2.75, 3.05) is 0 Å². The molecule has 0 amide bonds. The van der Waals surface area contributed by atoms with E-state index in [1.54, 1.807) is 0 Å². The molecule has 0 fully saturated rings. The normalized spacial score (nSPS) is 20.3. The molecule has 0 aromatic heterocycles. The minimum atomic E-state index is -0.424. The molecule has 0 spiro atoms. The minimum Gasteiger partial charge on any atom is -0.375 e. The Morgan fingerprint density at radius 2 is 2.00 bits per heavy atom.